The second-order valence-electron chi connectivity index (χ2n) is 3.63. The summed E-state index contributed by atoms with van der Waals surface area (Å²) in [7, 11) is 0. The third-order valence-electron chi connectivity index (χ3n) is 2.46. The summed E-state index contributed by atoms with van der Waals surface area (Å²) >= 11 is 1.91. The quantitative estimate of drug-likeness (QED) is 0.767. The van der Waals surface area contributed by atoms with E-state index in [2.05, 4.69) is 24.1 Å². The minimum absolute atomic E-state index is 0.543. The zero-order valence-electron chi connectivity index (χ0n) is 8.45. The Kier molecular flexibility index (Phi) is 2.50. The first-order valence-corrected chi connectivity index (χ1v) is 5.60. The van der Waals surface area contributed by atoms with Crippen molar-refractivity contribution in [1.82, 2.24) is 4.98 Å². The molecule has 1 aromatic heterocycles. The summed E-state index contributed by atoms with van der Waals surface area (Å²) < 4.78 is 0. The molecule has 0 saturated carbocycles. The highest BCUT2D eigenvalue weighted by Crippen LogP contribution is 2.43. The summed E-state index contributed by atoms with van der Waals surface area (Å²) in [5, 5.41) is 0.543. The maximum Gasteiger partial charge on any atom is 0.126 e. The average molecular weight is 206 g/mol. The van der Waals surface area contributed by atoms with Crippen LogP contribution >= 0.6 is 11.8 Å². The Labute approximate surface area is 88.6 Å². The fourth-order valence-electron chi connectivity index (χ4n) is 1.58. The molecule has 2 N–H and O–H groups in total. The van der Waals surface area contributed by atoms with Crippen molar-refractivity contribution < 1.29 is 0 Å². The van der Waals surface area contributed by atoms with Crippen molar-refractivity contribution in [3.05, 3.63) is 34.4 Å². The molecule has 0 saturated heterocycles. The second-order valence-corrected chi connectivity index (χ2v) is 5.08. The summed E-state index contributed by atoms with van der Waals surface area (Å²) in [5.74, 6) is 0.640. The zero-order valence-corrected chi connectivity index (χ0v) is 9.27. The Balaban J connectivity index is 2.22. The normalized spacial score (nSPS) is 21.0. The molecule has 0 aliphatic carbocycles. The van der Waals surface area contributed by atoms with Gasteiger partial charge in [-0.05, 0) is 42.4 Å². The molecule has 2 nitrogen and oxygen atoms in total. The highest BCUT2D eigenvalue weighted by molar-refractivity contribution is 8.03. The van der Waals surface area contributed by atoms with Crippen LogP contribution in [0.3, 0.4) is 0 Å². The molecular formula is C11H14N2S. The second kappa shape index (κ2) is 3.65. The maximum absolute atomic E-state index is 5.68. The van der Waals surface area contributed by atoms with Crippen LogP contribution in [0.5, 0.6) is 0 Å². The van der Waals surface area contributed by atoms with Gasteiger partial charge in [-0.15, -0.1) is 11.8 Å². The van der Waals surface area contributed by atoms with Crippen LogP contribution in [0.25, 0.3) is 0 Å². The number of aromatic nitrogens is 1. The summed E-state index contributed by atoms with van der Waals surface area (Å²) in [6.07, 6.45) is 5.29. The number of anilines is 1. The Hall–Kier alpha value is -0.960. The van der Waals surface area contributed by atoms with E-state index < -0.39 is 0 Å². The molecule has 1 unspecified atom stereocenters. The van der Waals surface area contributed by atoms with Crippen molar-refractivity contribution in [1.29, 1.82) is 0 Å². The number of hydrogen-bond donors (Lipinski definition) is 1. The van der Waals surface area contributed by atoms with Gasteiger partial charge in [0.1, 0.15) is 5.82 Å². The molecule has 1 aliphatic rings. The fraction of sp³-hybridized carbons (Fsp3) is 0.364. The van der Waals surface area contributed by atoms with E-state index in [1.54, 1.807) is 0 Å². The standard InChI is InChI=1S/C11H14N2S/c1-7-5-9(6-13-11(7)12)10-4-3-8(2)14-10/h3,5-6,10H,4H2,1-2H3,(H2,12,13). The first kappa shape index (κ1) is 9.59. The van der Waals surface area contributed by atoms with Crippen LogP contribution in [0, 0.1) is 6.92 Å². The molecule has 0 fully saturated rings. The molecule has 3 heteroatoms. The van der Waals surface area contributed by atoms with Crippen molar-refractivity contribution in [2.24, 2.45) is 0 Å². The first-order valence-electron chi connectivity index (χ1n) is 4.72. The van der Waals surface area contributed by atoms with Crippen molar-refractivity contribution in [3.63, 3.8) is 0 Å². The van der Waals surface area contributed by atoms with E-state index in [-0.39, 0.29) is 0 Å². The van der Waals surface area contributed by atoms with Gasteiger partial charge in [-0.3, -0.25) is 0 Å². The van der Waals surface area contributed by atoms with Crippen molar-refractivity contribution in [2.45, 2.75) is 25.5 Å². The van der Waals surface area contributed by atoms with Gasteiger partial charge in [0.25, 0.3) is 0 Å². The van der Waals surface area contributed by atoms with Gasteiger partial charge in [0, 0.05) is 11.4 Å². The summed E-state index contributed by atoms with van der Waals surface area (Å²) in [5.41, 5.74) is 8.05. The van der Waals surface area contributed by atoms with Gasteiger partial charge >= 0.3 is 0 Å². The number of nitrogens with two attached hydrogens (primary N) is 1. The van der Waals surface area contributed by atoms with E-state index in [4.69, 9.17) is 5.73 Å². The van der Waals surface area contributed by atoms with Crippen LogP contribution < -0.4 is 5.73 Å². The number of thioether (sulfide) groups is 1. The lowest BCUT2D eigenvalue weighted by Crippen LogP contribution is -1.97. The van der Waals surface area contributed by atoms with Gasteiger partial charge in [0.05, 0.1) is 0 Å². The number of rotatable bonds is 1. The number of nitrogens with zero attached hydrogens (tertiary/aromatic N) is 1. The lowest BCUT2D eigenvalue weighted by Gasteiger charge is -2.10. The SMILES string of the molecule is CC1=CCC(c2cnc(N)c(C)c2)S1. The van der Waals surface area contributed by atoms with E-state index in [1.807, 2.05) is 24.9 Å². The molecule has 1 atom stereocenters. The predicted octanol–water partition coefficient (Wildman–Crippen LogP) is 3.05. The Morgan fingerprint density at radius 3 is 2.86 bits per heavy atom. The van der Waals surface area contributed by atoms with Gasteiger partial charge in [-0.25, -0.2) is 4.98 Å². The molecule has 2 rings (SSSR count). The summed E-state index contributed by atoms with van der Waals surface area (Å²) in [4.78, 5) is 5.60. The van der Waals surface area contributed by atoms with Crippen LogP contribution in [0.4, 0.5) is 5.82 Å². The van der Waals surface area contributed by atoms with Gasteiger partial charge in [-0.2, -0.15) is 0 Å². The van der Waals surface area contributed by atoms with Crippen molar-refractivity contribution in [2.75, 3.05) is 5.73 Å². The van der Waals surface area contributed by atoms with E-state index in [0.717, 1.165) is 12.0 Å². The van der Waals surface area contributed by atoms with Gasteiger partial charge in [-0.1, -0.05) is 6.08 Å². The number of nitrogen functional groups attached to an aromatic ring is 1. The smallest absolute Gasteiger partial charge is 0.126 e. The van der Waals surface area contributed by atoms with E-state index in [1.165, 1.54) is 10.5 Å². The molecule has 1 aromatic rings. The maximum atomic E-state index is 5.68. The Morgan fingerprint density at radius 2 is 2.29 bits per heavy atom. The predicted molar refractivity (Wildman–Crippen MR) is 62.1 cm³/mol. The molecular weight excluding hydrogens is 192 g/mol. The minimum atomic E-state index is 0.543. The van der Waals surface area contributed by atoms with Gasteiger partial charge in [0.2, 0.25) is 0 Å². The minimum Gasteiger partial charge on any atom is -0.383 e. The highest BCUT2D eigenvalue weighted by Gasteiger charge is 2.17. The molecule has 0 amide bonds. The van der Waals surface area contributed by atoms with Gasteiger partial charge in [0.15, 0.2) is 0 Å². The highest BCUT2D eigenvalue weighted by atomic mass is 32.2. The average Bonchev–Trinajstić information content (AvgIpc) is 2.57. The first-order chi connectivity index (χ1) is 6.66. The molecule has 0 bridgehead atoms. The molecule has 74 valence electrons. The van der Waals surface area contributed by atoms with E-state index in [9.17, 15) is 0 Å². The molecule has 0 radical (unpaired) electrons. The largest absolute Gasteiger partial charge is 0.383 e. The zero-order chi connectivity index (χ0) is 10.1. The van der Waals surface area contributed by atoms with Gasteiger partial charge < -0.3 is 5.73 Å². The van der Waals surface area contributed by atoms with Crippen LogP contribution in [-0.4, -0.2) is 4.98 Å². The number of aryl methyl sites for hydroxylation is 1. The van der Waals surface area contributed by atoms with Crippen LogP contribution in [0.2, 0.25) is 0 Å². The molecule has 14 heavy (non-hydrogen) atoms. The lowest BCUT2D eigenvalue weighted by molar-refractivity contribution is 0.973. The van der Waals surface area contributed by atoms with Crippen molar-refractivity contribution in [3.8, 4) is 0 Å². The lowest BCUT2D eigenvalue weighted by atomic mass is 10.1. The molecule has 1 aliphatic heterocycles. The van der Waals surface area contributed by atoms with Crippen LogP contribution in [0.15, 0.2) is 23.2 Å². The Bertz CT molecular complexity index is 385. The van der Waals surface area contributed by atoms with Crippen LogP contribution in [-0.2, 0) is 0 Å². The molecule has 0 aromatic carbocycles. The third-order valence-corrected chi connectivity index (χ3v) is 3.75. The topological polar surface area (TPSA) is 38.9 Å². The summed E-state index contributed by atoms with van der Waals surface area (Å²) in [6.45, 7) is 4.16. The molecule has 0 spiro atoms. The van der Waals surface area contributed by atoms with E-state index >= 15 is 0 Å². The Morgan fingerprint density at radius 1 is 1.50 bits per heavy atom. The number of hydrogen-bond acceptors (Lipinski definition) is 3. The fourth-order valence-corrected chi connectivity index (χ4v) is 2.68. The number of allylic oxidation sites excluding steroid dienone is 2. The monoisotopic (exact) mass is 206 g/mol. The van der Waals surface area contributed by atoms with Crippen LogP contribution in [0.1, 0.15) is 29.7 Å². The van der Waals surface area contributed by atoms with Crippen molar-refractivity contribution >= 4 is 17.6 Å². The third kappa shape index (κ3) is 1.77. The number of pyridine rings is 1. The van der Waals surface area contributed by atoms with E-state index in [0.29, 0.717) is 11.1 Å². The summed E-state index contributed by atoms with van der Waals surface area (Å²) in [6, 6.07) is 2.15. The molecule has 2 heterocycles.